The number of hydrogen-bond acceptors (Lipinski definition) is 7. The molecule has 0 aliphatic carbocycles. The van der Waals surface area contributed by atoms with Crippen molar-refractivity contribution >= 4 is 23.8 Å². The van der Waals surface area contributed by atoms with Gasteiger partial charge in [0.15, 0.2) is 0 Å². The van der Waals surface area contributed by atoms with Crippen LogP contribution in [0.2, 0.25) is 0 Å². The first-order valence-electron chi connectivity index (χ1n) is 8.79. The molecule has 0 radical (unpaired) electrons. The summed E-state index contributed by atoms with van der Waals surface area (Å²) in [4.78, 5) is 27.4. The maximum Gasteiger partial charge on any atom is 0.409 e. The number of thioether (sulfide) groups is 1. The molecule has 1 aliphatic heterocycles. The van der Waals surface area contributed by atoms with Gasteiger partial charge < -0.3 is 19.0 Å². The second kappa shape index (κ2) is 8.90. The lowest BCUT2D eigenvalue weighted by molar-refractivity contribution is -0.129. The molecule has 0 saturated carbocycles. The molecule has 1 aromatic carbocycles. The summed E-state index contributed by atoms with van der Waals surface area (Å²) >= 11 is 1.22. The lowest BCUT2D eigenvalue weighted by Gasteiger charge is -2.33. The Hall–Kier alpha value is -2.55. The van der Waals surface area contributed by atoms with Crippen LogP contribution in [0.25, 0.3) is 11.5 Å². The molecule has 0 spiro atoms. The molecule has 2 amide bonds. The van der Waals surface area contributed by atoms with Gasteiger partial charge in [-0.2, -0.15) is 0 Å². The van der Waals surface area contributed by atoms with E-state index >= 15 is 0 Å². The number of benzene rings is 1. The highest BCUT2D eigenvalue weighted by atomic mass is 32.2. The number of hydrogen-bond donors (Lipinski definition) is 0. The van der Waals surface area contributed by atoms with Crippen LogP contribution in [0.5, 0.6) is 0 Å². The van der Waals surface area contributed by atoms with Gasteiger partial charge in [0.2, 0.25) is 11.8 Å². The van der Waals surface area contributed by atoms with Crippen LogP contribution < -0.4 is 0 Å². The molecule has 1 aromatic heterocycles. The molecule has 1 saturated heterocycles. The lowest BCUT2D eigenvalue weighted by atomic mass is 10.1. The lowest BCUT2D eigenvalue weighted by Crippen LogP contribution is -2.51. The topological polar surface area (TPSA) is 88.8 Å². The minimum atomic E-state index is -0.325. The van der Waals surface area contributed by atoms with Crippen LogP contribution in [-0.2, 0) is 9.53 Å². The van der Waals surface area contributed by atoms with Crippen LogP contribution in [0.1, 0.15) is 12.5 Å². The Morgan fingerprint density at radius 3 is 2.44 bits per heavy atom. The molecule has 27 heavy (non-hydrogen) atoms. The number of piperazine rings is 1. The molecule has 1 aliphatic rings. The van der Waals surface area contributed by atoms with E-state index in [1.54, 1.807) is 16.7 Å². The first-order chi connectivity index (χ1) is 13.1. The van der Waals surface area contributed by atoms with E-state index in [2.05, 4.69) is 10.2 Å². The zero-order chi connectivity index (χ0) is 19.2. The smallest absolute Gasteiger partial charge is 0.409 e. The fourth-order valence-electron chi connectivity index (χ4n) is 2.65. The third-order valence-electron chi connectivity index (χ3n) is 4.18. The predicted octanol–water partition coefficient (Wildman–Crippen LogP) is 2.44. The van der Waals surface area contributed by atoms with Gasteiger partial charge in [0.25, 0.3) is 5.22 Å². The highest BCUT2D eigenvalue weighted by Crippen LogP contribution is 2.23. The van der Waals surface area contributed by atoms with Gasteiger partial charge >= 0.3 is 6.09 Å². The van der Waals surface area contributed by atoms with Crippen molar-refractivity contribution in [2.24, 2.45) is 0 Å². The third kappa shape index (κ3) is 5.00. The Morgan fingerprint density at radius 2 is 1.78 bits per heavy atom. The molecule has 9 heteroatoms. The first kappa shape index (κ1) is 19.2. The summed E-state index contributed by atoms with van der Waals surface area (Å²) in [6, 6.07) is 7.80. The highest BCUT2D eigenvalue weighted by molar-refractivity contribution is 7.99. The standard InChI is InChI=1S/C18H22N4O4S/c1-3-25-18(24)22-10-8-21(9-11-22)15(23)12-27-17-20-19-16(26-17)14-6-4-13(2)5-7-14/h4-7H,3,8-12H2,1-2H3. The average Bonchev–Trinajstić information content (AvgIpc) is 3.16. The second-order valence-corrected chi connectivity index (χ2v) is 7.02. The van der Waals surface area contributed by atoms with E-state index in [1.165, 1.54) is 11.8 Å². The monoisotopic (exact) mass is 390 g/mol. The van der Waals surface area contributed by atoms with Gasteiger partial charge in [0.05, 0.1) is 12.4 Å². The number of ether oxygens (including phenoxy) is 1. The molecule has 0 N–H and O–H groups in total. The fourth-order valence-corrected chi connectivity index (χ4v) is 3.31. The molecule has 3 rings (SSSR count). The average molecular weight is 390 g/mol. The minimum absolute atomic E-state index is 0.0152. The zero-order valence-electron chi connectivity index (χ0n) is 15.4. The SMILES string of the molecule is CCOC(=O)N1CCN(C(=O)CSc2nnc(-c3ccc(C)cc3)o2)CC1. The van der Waals surface area contributed by atoms with Gasteiger partial charge in [-0.3, -0.25) is 4.79 Å². The van der Waals surface area contributed by atoms with Gasteiger partial charge in [0, 0.05) is 31.7 Å². The molecule has 2 aromatic rings. The van der Waals surface area contributed by atoms with Crippen molar-refractivity contribution in [3.63, 3.8) is 0 Å². The Labute approximate surface area is 161 Å². The van der Waals surface area contributed by atoms with Gasteiger partial charge in [-0.05, 0) is 26.0 Å². The Morgan fingerprint density at radius 1 is 1.11 bits per heavy atom. The summed E-state index contributed by atoms with van der Waals surface area (Å²) in [5.74, 6) is 0.640. The van der Waals surface area contributed by atoms with E-state index in [4.69, 9.17) is 9.15 Å². The summed E-state index contributed by atoms with van der Waals surface area (Å²) in [6.07, 6.45) is -0.325. The Kier molecular flexibility index (Phi) is 6.33. The van der Waals surface area contributed by atoms with Crippen molar-refractivity contribution < 1.29 is 18.7 Å². The number of carbonyl (C=O) groups excluding carboxylic acids is 2. The molecule has 0 bridgehead atoms. The number of aromatic nitrogens is 2. The summed E-state index contributed by atoms with van der Waals surface area (Å²) in [5.41, 5.74) is 2.00. The zero-order valence-corrected chi connectivity index (χ0v) is 16.2. The van der Waals surface area contributed by atoms with Crippen LogP contribution in [0.3, 0.4) is 0 Å². The largest absolute Gasteiger partial charge is 0.450 e. The molecule has 1 fully saturated rings. The normalized spacial score (nSPS) is 14.3. The summed E-state index contributed by atoms with van der Waals surface area (Å²) < 4.78 is 10.6. The second-order valence-electron chi connectivity index (χ2n) is 6.09. The Balaban J connectivity index is 1.47. The van der Waals surface area contributed by atoms with Gasteiger partial charge in [-0.1, -0.05) is 29.5 Å². The maximum absolute atomic E-state index is 12.4. The number of rotatable bonds is 5. The van der Waals surface area contributed by atoms with Crippen LogP contribution in [0, 0.1) is 6.92 Å². The van der Waals surface area contributed by atoms with Crippen LogP contribution in [-0.4, -0.2) is 70.5 Å². The van der Waals surface area contributed by atoms with E-state index < -0.39 is 0 Å². The van der Waals surface area contributed by atoms with Gasteiger partial charge in [-0.25, -0.2) is 4.79 Å². The molecule has 144 valence electrons. The van der Waals surface area contributed by atoms with Crippen molar-refractivity contribution in [1.29, 1.82) is 0 Å². The van der Waals surface area contributed by atoms with Crippen molar-refractivity contribution in [3.05, 3.63) is 29.8 Å². The number of carbonyl (C=O) groups is 2. The molecule has 8 nitrogen and oxygen atoms in total. The summed E-state index contributed by atoms with van der Waals surface area (Å²) in [6.45, 7) is 6.09. The van der Waals surface area contributed by atoms with Crippen molar-refractivity contribution in [2.45, 2.75) is 19.1 Å². The van der Waals surface area contributed by atoms with Crippen LogP contribution in [0.15, 0.2) is 33.9 Å². The molecular weight excluding hydrogens is 368 g/mol. The number of aryl methyl sites for hydroxylation is 1. The summed E-state index contributed by atoms with van der Waals surface area (Å²) in [5, 5.41) is 8.39. The van der Waals surface area contributed by atoms with Crippen molar-refractivity contribution in [2.75, 3.05) is 38.5 Å². The van der Waals surface area contributed by atoms with E-state index in [9.17, 15) is 9.59 Å². The molecule has 0 atom stereocenters. The van der Waals surface area contributed by atoms with Crippen molar-refractivity contribution in [1.82, 2.24) is 20.0 Å². The number of nitrogens with zero attached hydrogens (tertiary/aromatic N) is 4. The predicted molar refractivity (Wildman–Crippen MR) is 100 cm³/mol. The van der Waals surface area contributed by atoms with E-state index in [1.807, 2.05) is 31.2 Å². The quantitative estimate of drug-likeness (QED) is 0.725. The molecular formula is C18H22N4O4S. The third-order valence-corrected chi connectivity index (χ3v) is 4.99. The maximum atomic E-state index is 12.4. The summed E-state index contributed by atoms with van der Waals surface area (Å²) in [7, 11) is 0. The van der Waals surface area contributed by atoms with Gasteiger partial charge in [-0.15, -0.1) is 10.2 Å². The van der Waals surface area contributed by atoms with Crippen LogP contribution in [0.4, 0.5) is 4.79 Å². The Bertz CT molecular complexity index is 785. The van der Waals surface area contributed by atoms with E-state index in [0.29, 0.717) is 43.9 Å². The number of amides is 2. The van der Waals surface area contributed by atoms with Gasteiger partial charge in [0.1, 0.15) is 0 Å². The molecule has 0 unspecified atom stereocenters. The first-order valence-corrected chi connectivity index (χ1v) is 9.78. The highest BCUT2D eigenvalue weighted by Gasteiger charge is 2.25. The minimum Gasteiger partial charge on any atom is -0.450 e. The molecule has 2 heterocycles. The van der Waals surface area contributed by atoms with E-state index in [0.717, 1.165) is 11.1 Å². The fraction of sp³-hybridized carbons (Fsp3) is 0.444. The van der Waals surface area contributed by atoms with E-state index in [-0.39, 0.29) is 17.8 Å². The van der Waals surface area contributed by atoms with Crippen molar-refractivity contribution in [3.8, 4) is 11.5 Å². The van der Waals surface area contributed by atoms with Crippen LogP contribution >= 0.6 is 11.8 Å².